The third-order valence-electron chi connectivity index (χ3n) is 4.62. The summed E-state index contributed by atoms with van der Waals surface area (Å²) in [7, 11) is 1.46. The minimum atomic E-state index is -0.358. The zero-order valence-electron chi connectivity index (χ0n) is 12.3. The largest absolute Gasteiger partial charge is 0.494 e. The fraction of sp³-hybridized carbons (Fsp3) is 0.562. The standard InChI is InChI=1S/C16H21FN2O2/c1-21-14-4-2-3-12(16(14)17)10-19-13-7-8-18-9-11(13)5-6-15(19)20/h2-4,11,13,18H,5-10H2,1H3. The number of carbonyl (C=O) groups excluding carboxylic acids is 1. The van der Waals surface area contributed by atoms with Gasteiger partial charge in [0.25, 0.3) is 0 Å². The molecule has 2 aliphatic heterocycles. The monoisotopic (exact) mass is 292 g/mol. The second kappa shape index (κ2) is 6.02. The first-order valence-corrected chi connectivity index (χ1v) is 7.52. The van der Waals surface area contributed by atoms with E-state index in [0.29, 0.717) is 24.4 Å². The molecule has 2 aliphatic rings. The number of halogens is 1. The fourth-order valence-electron chi connectivity index (χ4n) is 3.48. The Morgan fingerprint density at radius 3 is 3.10 bits per heavy atom. The van der Waals surface area contributed by atoms with Gasteiger partial charge in [-0.15, -0.1) is 0 Å². The van der Waals surface area contributed by atoms with Gasteiger partial charge in [-0.1, -0.05) is 12.1 Å². The van der Waals surface area contributed by atoms with Gasteiger partial charge in [0.15, 0.2) is 11.6 Å². The van der Waals surface area contributed by atoms with E-state index in [-0.39, 0.29) is 23.5 Å². The molecule has 0 saturated carbocycles. The second-order valence-corrected chi connectivity index (χ2v) is 5.81. The van der Waals surface area contributed by atoms with Crippen LogP contribution in [0.15, 0.2) is 18.2 Å². The van der Waals surface area contributed by atoms with Crippen LogP contribution in [0.2, 0.25) is 0 Å². The van der Waals surface area contributed by atoms with Crippen LogP contribution in [-0.4, -0.2) is 37.0 Å². The van der Waals surface area contributed by atoms with E-state index >= 15 is 0 Å². The van der Waals surface area contributed by atoms with Crippen LogP contribution in [-0.2, 0) is 11.3 Å². The average molecular weight is 292 g/mol. The van der Waals surface area contributed by atoms with Gasteiger partial charge < -0.3 is 15.0 Å². The molecule has 2 saturated heterocycles. The summed E-state index contributed by atoms with van der Waals surface area (Å²) >= 11 is 0. The summed E-state index contributed by atoms with van der Waals surface area (Å²) in [5.41, 5.74) is 0.530. The minimum absolute atomic E-state index is 0.139. The smallest absolute Gasteiger partial charge is 0.223 e. The predicted octanol–water partition coefficient (Wildman–Crippen LogP) is 1.93. The molecule has 0 bridgehead atoms. The van der Waals surface area contributed by atoms with Crippen molar-refractivity contribution in [1.29, 1.82) is 0 Å². The van der Waals surface area contributed by atoms with Gasteiger partial charge in [0.2, 0.25) is 5.91 Å². The molecule has 3 rings (SSSR count). The SMILES string of the molecule is COc1cccc(CN2C(=O)CCC3CNCCC32)c1F. The van der Waals surface area contributed by atoms with E-state index in [9.17, 15) is 9.18 Å². The quantitative estimate of drug-likeness (QED) is 0.925. The van der Waals surface area contributed by atoms with Crippen molar-refractivity contribution in [2.45, 2.75) is 31.8 Å². The molecule has 21 heavy (non-hydrogen) atoms. The molecule has 2 fully saturated rings. The number of piperidine rings is 2. The first-order valence-electron chi connectivity index (χ1n) is 7.52. The summed E-state index contributed by atoms with van der Waals surface area (Å²) in [6.07, 6.45) is 2.45. The molecular formula is C16H21FN2O2. The number of carbonyl (C=O) groups is 1. The molecule has 1 aromatic rings. The first-order chi connectivity index (χ1) is 10.2. The number of likely N-dealkylation sites (tertiary alicyclic amines) is 1. The Hall–Kier alpha value is -1.62. The normalized spacial score (nSPS) is 25.6. The Kier molecular flexibility index (Phi) is 4.10. The Labute approximate surface area is 124 Å². The van der Waals surface area contributed by atoms with E-state index in [1.165, 1.54) is 7.11 Å². The van der Waals surface area contributed by atoms with Crippen molar-refractivity contribution in [1.82, 2.24) is 10.2 Å². The highest BCUT2D eigenvalue weighted by Crippen LogP contribution is 2.31. The fourth-order valence-corrected chi connectivity index (χ4v) is 3.48. The number of fused-ring (bicyclic) bond motifs is 1. The summed E-state index contributed by atoms with van der Waals surface area (Å²) < 4.78 is 19.3. The Balaban J connectivity index is 1.83. The summed E-state index contributed by atoms with van der Waals surface area (Å²) in [5, 5.41) is 3.38. The summed E-state index contributed by atoms with van der Waals surface area (Å²) in [4.78, 5) is 14.1. The highest BCUT2D eigenvalue weighted by atomic mass is 19.1. The van der Waals surface area contributed by atoms with Gasteiger partial charge in [-0.05, 0) is 37.9 Å². The van der Waals surface area contributed by atoms with Crippen molar-refractivity contribution in [3.63, 3.8) is 0 Å². The molecule has 1 aromatic carbocycles. The van der Waals surface area contributed by atoms with Crippen LogP contribution < -0.4 is 10.1 Å². The highest BCUT2D eigenvalue weighted by molar-refractivity contribution is 5.77. The molecule has 4 nitrogen and oxygen atoms in total. The number of rotatable bonds is 3. The lowest BCUT2D eigenvalue weighted by molar-refractivity contribution is -0.140. The number of nitrogens with one attached hydrogen (secondary N) is 1. The molecule has 0 spiro atoms. The maximum atomic E-state index is 14.3. The van der Waals surface area contributed by atoms with Gasteiger partial charge in [0, 0.05) is 24.6 Å². The van der Waals surface area contributed by atoms with Crippen molar-refractivity contribution in [2.24, 2.45) is 5.92 Å². The van der Waals surface area contributed by atoms with E-state index in [1.807, 2.05) is 4.90 Å². The number of ether oxygens (including phenoxy) is 1. The maximum Gasteiger partial charge on any atom is 0.223 e. The first kappa shape index (κ1) is 14.3. The van der Waals surface area contributed by atoms with Crippen LogP contribution in [0.25, 0.3) is 0 Å². The molecular weight excluding hydrogens is 271 g/mol. The number of nitrogens with zero attached hydrogens (tertiary/aromatic N) is 1. The number of benzene rings is 1. The van der Waals surface area contributed by atoms with E-state index in [1.54, 1.807) is 18.2 Å². The number of hydrogen-bond acceptors (Lipinski definition) is 3. The lowest BCUT2D eigenvalue weighted by Gasteiger charge is -2.44. The van der Waals surface area contributed by atoms with Gasteiger partial charge in [-0.2, -0.15) is 0 Å². The molecule has 1 N–H and O–H groups in total. The van der Waals surface area contributed by atoms with E-state index < -0.39 is 0 Å². The Bertz CT molecular complexity index is 535. The topological polar surface area (TPSA) is 41.6 Å². The highest BCUT2D eigenvalue weighted by Gasteiger charge is 2.37. The predicted molar refractivity (Wildman–Crippen MR) is 77.5 cm³/mol. The van der Waals surface area contributed by atoms with E-state index in [4.69, 9.17) is 4.74 Å². The van der Waals surface area contributed by atoms with Crippen LogP contribution in [0.1, 0.15) is 24.8 Å². The average Bonchev–Trinajstić information content (AvgIpc) is 2.52. The van der Waals surface area contributed by atoms with Crippen molar-refractivity contribution in [3.05, 3.63) is 29.6 Å². The zero-order chi connectivity index (χ0) is 14.8. The van der Waals surface area contributed by atoms with Crippen molar-refractivity contribution in [2.75, 3.05) is 20.2 Å². The zero-order valence-corrected chi connectivity index (χ0v) is 12.3. The molecule has 2 heterocycles. The van der Waals surface area contributed by atoms with E-state index in [2.05, 4.69) is 5.32 Å². The van der Waals surface area contributed by atoms with Crippen LogP contribution >= 0.6 is 0 Å². The van der Waals surface area contributed by atoms with Gasteiger partial charge in [0.1, 0.15) is 0 Å². The van der Waals surface area contributed by atoms with Crippen LogP contribution in [0, 0.1) is 11.7 Å². The summed E-state index contributed by atoms with van der Waals surface area (Å²) in [5.74, 6) is 0.508. The second-order valence-electron chi connectivity index (χ2n) is 5.81. The molecule has 114 valence electrons. The minimum Gasteiger partial charge on any atom is -0.494 e. The molecule has 0 aromatic heterocycles. The third-order valence-corrected chi connectivity index (χ3v) is 4.62. The van der Waals surface area contributed by atoms with Gasteiger partial charge in [0.05, 0.1) is 7.11 Å². The van der Waals surface area contributed by atoms with Crippen LogP contribution in [0.4, 0.5) is 4.39 Å². The number of methoxy groups -OCH3 is 1. The van der Waals surface area contributed by atoms with Gasteiger partial charge in [-0.25, -0.2) is 4.39 Å². The Morgan fingerprint density at radius 2 is 2.29 bits per heavy atom. The lowest BCUT2D eigenvalue weighted by Crippen LogP contribution is -2.54. The Morgan fingerprint density at radius 1 is 1.43 bits per heavy atom. The van der Waals surface area contributed by atoms with Gasteiger partial charge >= 0.3 is 0 Å². The number of hydrogen-bond donors (Lipinski definition) is 1. The van der Waals surface area contributed by atoms with Crippen molar-refractivity contribution < 1.29 is 13.9 Å². The van der Waals surface area contributed by atoms with Crippen molar-refractivity contribution in [3.8, 4) is 5.75 Å². The summed E-state index contributed by atoms with van der Waals surface area (Å²) in [6, 6.07) is 5.34. The lowest BCUT2D eigenvalue weighted by atomic mass is 9.84. The van der Waals surface area contributed by atoms with Crippen LogP contribution in [0.5, 0.6) is 5.75 Å². The van der Waals surface area contributed by atoms with Crippen molar-refractivity contribution >= 4 is 5.91 Å². The molecule has 5 heteroatoms. The van der Waals surface area contributed by atoms with Crippen LogP contribution in [0.3, 0.4) is 0 Å². The molecule has 2 atom stereocenters. The molecule has 2 unspecified atom stereocenters. The molecule has 1 amide bonds. The van der Waals surface area contributed by atoms with E-state index in [0.717, 1.165) is 25.9 Å². The third kappa shape index (κ3) is 2.75. The summed E-state index contributed by atoms with van der Waals surface area (Å²) in [6.45, 7) is 2.21. The number of amides is 1. The maximum absolute atomic E-state index is 14.3. The molecule has 0 radical (unpaired) electrons. The van der Waals surface area contributed by atoms with Gasteiger partial charge in [-0.3, -0.25) is 4.79 Å². The molecule has 0 aliphatic carbocycles.